The highest BCUT2D eigenvalue weighted by atomic mass is 16.5. The number of nitrogens with one attached hydrogen (secondary N) is 2. The van der Waals surface area contributed by atoms with Crippen molar-refractivity contribution >= 4 is 5.91 Å². The Hall–Kier alpha value is -2.33. The molecule has 0 aliphatic carbocycles. The number of hydrogen-bond donors (Lipinski definition) is 2. The highest BCUT2D eigenvalue weighted by molar-refractivity contribution is 5.81. The van der Waals surface area contributed by atoms with Crippen LogP contribution in [0, 0.1) is 0 Å². The Labute approximate surface area is 143 Å². The maximum absolute atomic E-state index is 12.0. The number of ether oxygens (including phenoxy) is 1. The van der Waals surface area contributed by atoms with E-state index < -0.39 is 0 Å². The highest BCUT2D eigenvalue weighted by Crippen LogP contribution is 2.16. The number of amides is 1. The molecular formula is C20H24N2O2. The van der Waals surface area contributed by atoms with Crippen LogP contribution in [0.15, 0.2) is 54.6 Å². The smallest absolute Gasteiger partial charge is 0.237 e. The summed E-state index contributed by atoms with van der Waals surface area (Å²) >= 11 is 0. The fourth-order valence-corrected chi connectivity index (χ4v) is 2.86. The van der Waals surface area contributed by atoms with Crippen LogP contribution < -0.4 is 15.4 Å². The molecule has 1 saturated heterocycles. The van der Waals surface area contributed by atoms with Crippen molar-refractivity contribution in [3.8, 4) is 5.75 Å². The Morgan fingerprint density at radius 1 is 1.04 bits per heavy atom. The largest absolute Gasteiger partial charge is 0.489 e. The first-order valence-electron chi connectivity index (χ1n) is 8.58. The predicted molar refractivity (Wildman–Crippen MR) is 94.7 cm³/mol. The van der Waals surface area contributed by atoms with Crippen molar-refractivity contribution in [2.45, 2.75) is 38.5 Å². The lowest BCUT2D eigenvalue weighted by Crippen LogP contribution is -2.42. The maximum atomic E-state index is 12.0. The third kappa shape index (κ3) is 4.83. The van der Waals surface area contributed by atoms with Crippen molar-refractivity contribution in [2.75, 3.05) is 6.54 Å². The van der Waals surface area contributed by atoms with Crippen LogP contribution in [0.25, 0.3) is 0 Å². The lowest BCUT2D eigenvalue weighted by molar-refractivity contribution is -0.122. The molecule has 2 aromatic rings. The summed E-state index contributed by atoms with van der Waals surface area (Å²) in [4.78, 5) is 12.0. The van der Waals surface area contributed by atoms with E-state index in [4.69, 9.17) is 4.74 Å². The fourth-order valence-electron chi connectivity index (χ4n) is 2.86. The van der Waals surface area contributed by atoms with Crippen molar-refractivity contribution in [1.29, 1.82) is 0 Å². The first-order valence-corrected chi connectivity index (χ1v) is 8.58. The van der Waals surface area contributed by atoms with E-state index in [1.165, 1.54) is 0 Å². The van der Waals surface area contributed by atoms with Crippen molar-refractivity contribution in [3.63, 3.8) is 0 Å². The summed E-state index contributed by atoms with van der Waals surface area (Å²) in [5.41, 5.74) is 2.27. The van der Waals surface area contributed by atoms with Crippen LogP contribution in [0.4, 0.5) is 0 Å². The molecular weight excluding hydrogens is 300 g/mol. The van der Waals surface area contributed by atoms with Gasteiger partial charge < -0.3 is 15.4 Å². The van der Waals surface area contributed by atoms with E-state index in [0.717, 1.165) is 42.7 Å². The number of rotatable bonds is 6. The van der Waals surface area contributed by atoms with Gasteiger partial charge in [-0.3, -0.25) is 4.79 Å². The minimum atomic E-state index is -0.0959. The second-order valence-electron chi connectivity index (χ2n) is 6.14. The van der Waals surface area contributed by atoms with Gasteiger partial charge in [0.2, 0.25) is 5.91 Å². The summed E-state index contributed by atoms with van der Waals surface area (Å²) in [5.74, 6) is 0.965. The minimum absolute atomic E-state index is 0.0959. The van der Waals surface area contributed by atoms with E-state index >= 15 is 0 Å². The zero-order chi connectivity index (χ0) is 16.6. The summed E-state index contributed by atoms with van der Waals surface area (Å²) in [6.07, 6.45) is 3.04. The van der Waals surface area contributed by atoms with Gasteiger partial charge in [-0.25, -0.2) is 0 Å². The highest BCUT2D eigenvalue weighted by Gasteiger charge is 2.19. The van der Waals surface area contributed by atoms with E-state index in [0.29, 0.717) is 13.2 Å². The molecule has 0 aromatic heterocycles. The Kier molecular flexibility index (Phi) is 5.85. The molecule has 0 saturated carbocycles. The normalized spacial score (nSPS) is 17.8. The average molecular weight is 324 g/mol. The van der Waals surface area contributed by atoms with Gasteiger partial charge in [0.25, 0.3) is 0 Å². The van der Waals surface area contributed by atoms with Crippen LogP contribution in [0.5, 0.6) is 5.75 Å². The summed E-state index contributed by atoms with van der Waals surface area (Å²) in [7, 11) is 0. The molecule has 126 valence electrons. The molecule has 24 heavy (non-hydrogen) atoms. The van der Waals surface area contributed by atoms with Gasteiger partial charge in [-0.15, -0.1) is 0 Å². The molecule has 0 spiro atoms. The molecule has 1 heterocycles. The number of hydrogen-bond acceptors (Lipinski definition) is 3. The third-order valence-corrected chi connectivity index (χ3v) is 4.23. The van der Waals surface area contributed by atoms with Crippen LogP contribution in [0.2, 0.25) is 0 Å². The number of carbonyl (C=O) groups is 1. The quantitative estimate of drug-likeness (QED) is 0.859. The molecule has 2 N–H and O–H groups in total. The van der Waals surface area contributed by atoms with Crippen molar-refractivity contribution in [3.05, 3.63) is 65.7 Å². The molecule has 1 unspecified atom stereocenters. The SMILES string of the molecule is O=C1NCCCCC1NCc1cccc(OCc2ccccc2)c1. The van der Waals surface area contributed by atoms with Crippen molar-refractivity contribution < 1.29 is 9.53 Å². The summed E-state index contributed by atoms with van der Waals surface area (Å²) in [5, 5.41) is 6.32. The van der Waals surface area contributed by atoms with Gasteiger partial charge in [-0.2, -0.15) is 0 Å². The molecule has 4 nitrogen and oxygen atoms in total. The summed E-state index contributed by atoms with van der Waals surface area (Å²) in [6.45, 7) is 2.02. The lowest BCUT2D eigenvalue weighted by atomic mass is 10.1. The minimum Gasteiger partial charge on any atom is -0.489 e. The van der Waals surface area contributed by atoms with Gasteiger partial charge in [0.05, 0.1) is 6.04 Å². The zero-order valence-electron chi connectivity index (χ0n) is 13.8. The average Bonchev–Trinajstić information content (AvgIpc) is 2.84. The van der Waals surface area contributed by atoms with Crippen LogP contribution in [0.1, 0.15) is 30.4 Å². The molecule has 1 amide bonds. The standard InChI is InChI=1S/C20H24N2O2/c23-20-19(11-4-5-12-21-20)22-14-17-9-6-10-18(13-17)24-15-16-7-2-1-3-8-16/h1-3,6-10,13,19,22H,4-5,11-12,14-15H2,(H,21,23). The summed E-state index contributed by atoms with van der Waals surface area (Å²) < 4.78 is 5.86. The molecule has 1 aliphatic rings. The van der Waals surface area contributed by atoms with Crippen LogP contribution in [-0.2, 0) is 17.9 Å². The molecule has 3 rings (SSSR count). The second-order valence-corrected chi connectivity index (χ2v) is 6.14. The van der Waals surface area contributed by atoms with Crippen LogP contribution in [0.3, 0.4) is 0 Å². The molecule has 1 atom stereocenters. The maximum Gasteiger partial charge on any atom is 0.237 e. The molecule has 0 bridgehead atoms. The van der Waals surface area contributed by atoms with Crippen LogP contribution >= 0.6 is 0 Å². The third-order valence-electron chi connectivity index (χ3n) is 4.23. The van der Waals surface area contributed by atoms with Gasteiger partial charge >= 0.3 is 0 Å². The van der Waals surface area contributed by atoms with E-state index in [1.807, 2.05) is 36.4 Å². The van der Waals surface area contributed by atoms with Crippen LogP contribution in [-0.4, -0.2) is 18.5 Å². The molecule has 4 heteroatoms. The molecule has 0 radical (unpaired) electrons. The Morgan fingerprint density at radius 3 is 2.75 bits per heavy atom. The Morgan fingerprint density at radius 2 is 1.88 bits per heavy atom. The monoisotopic (exact) mass is 324 g/mol. The van der Waals surface area contributed by atoms with Gasteiger partial charge in [0.1, 0.15) is 12.4 Å². The first-order chi connectivity index (χ1) is 11.8. The van der Waals surface area contributed by atoms with Crippen molar-refractivity contribution in [2.24, 2.45) is 0 Å². The molecule has 2 aromatic carbocycles. The lowest BCUT2D eigenvalue weighted by Gasteiger charge is -2.15. The van der Waals surface area contributed by atoms with E-state index in [2.05, 4.69) is 28.8 Å². The van der Waals surface area contributed by atoms with Crippen molar-refractivity contribution in [1.82, 2.24) is 10.6 Å². The predicted octanol–water partition coefficient (Wildman–Crippen LogP) is 3.02. The second kappa shape index (κ2) is 8.50. The first kappa shape index (κ1) is 16.5. The summed E-state index contributed by atoms with van der Waals surface area (Å²) in [6, 6.07) is 18.1. The Balaban J connectivity index is 1.54. The molecule has 1 fully saturated rings. The zero-order valence-corrected chi connectivity index (χ0v) is 13.8. The van der Waals surface area contributed by atoms with E-state index in [1.54, 1.807) is 0 Å². The van der Waals surface area contributed by atoms with E-state index in [-0.39, 0.29) is 11.9 Å². The number of carbonyl (C=O) groups excluding carboxylic acids is 1. The molecule has 1 aliphatic heterocycles. The van der Waals surface area contributed by atoms with Gasteiger partial charge in [-0.1, -0.05) is 42.5 Å². The number of benzene rings is 2. The Bertz CT molecular complexity index is 658. The fraction of sp³-hybridized carbons (Fsp3) is 0.350. The van der Waals surface area contributed by atoms with Gasteiger partial charge in [0, 0.05) is 13.1 Å². The topological polar surface area (TPSA) is 50.4 Å². The van der Waals surface area contributed by atoms with E-state index in [9.17, 15) is 4.79 Å². The van der Waals surface area contributed by atoms with Gasteiger partial charge in [0.15, 0.2) is 0 Å². The van der Waals surface area contributed by atoms with Gasteiger partial charge in [-0.05, 0) is 42.5 Å².